The van der Waals surface area contributed by atoms with E-state index in [1.807, 2.05) is 0 Å². The molecule has 1 unspecified atom stereocenters. The molecule has 0 aromatic rings. The molecule has 4 heteroatoms. The number of nitrogens with zero attached hydrogens (tertiary/aromatic N) is 2. The fraction of sp³-hybridized carbons (Fsp3) is 0.500. The number of carbonyl (C=O) groups is 1. The highest BCUT2D eigenvalue weighted by atomic mass is 16.1. The van der Waals surface area contributed by atoms with Crippen LogP contribution in [-0.2, 0) is 4.79 Å². The number of hydrogen-bond acceptors (Lipinski definition) is 3. The average molecular weight is 137 g/mol. The number of rotatable bonds is 2. The zero-order valence-corrected chi connectivity index (χ0v) is 5.59. The Labute approximate surface area is 58.9 Å². The van der Waals surface area contributed by atoms with E-state index in [2.05, 4.69) is 0 Å². The Balaban J connectivity index is 4.47. The maximum atomic E-state index is 10.5. The Kier molecular flexibility index (Phi) is 2.40. The van der Waals surface area contributed by atoms with Gasteiger partial charge in [0, 0.05) is 0 Å². The van der Waals surface area contributed by atoms with Crippen molar-refractivity contribution in [3.05, 3.63) is 0 Å². The van der Waals surface area contributed by atoms with Crippen molar-refractivity contribution < 1.29 is 4.79 Å². The summed E-state index contributed by atoms with van der Waals surface area (Å²) in [7, 11) is 0. The molecule has 10 heavy (non-hydrogen) atoms. The average Bonchev–Trinajstić information content (AvgIpc) is 1.88. The lowest BCUT2D eigenvalue weighted by Gasteiger charge is -2.10. The topological polar surface area (TPSA) is 90.7 Å². The second-order valence-electron chi connectivity index (χ2n) is 2.14. The van der Waals surface area contributed by atoms with Gasteiger partial charge in [-0.2, -0.15) is 10.5 Å². The Hall–Kier alpha value is -1.55. The summed E-state index contributed by atoms with van der Waals surface area (Å²) in [6.45, 7) is 1.35. The van der Waals surface area contributed by atoms with Crippen LogP contribution in [-0.4, -0.2) is 5.91 Å². The molecule has 0 spiro atoms. The van der Waals surface area contributed by atoms with E-state index in [1.54, 1.807) is 12.1 Å². The Bertz CT molecular complexity index is 222. The van der Waals surface area contributed by atoms with Crippen molar-refractivity contribution in [1.29, 1.82) is 10.5 Å². The van der Waals surface area contributed by atoms with Gasteiger partial charge in [-0.3, -0.25) is 4.79 Å². The molecule has 1 atom stereocenters. The second-order valence-corrected chi connectivity index (χ2v) is 2.14. The Morgan fingerprint density at radius 1 is 1.70 bits per heavy atom. The zero-order valence-electron chi connectivity index (χ0n) is 5.59. The maximum Gasteiger partial charge on any atom is 0.238 e. The molecule has 0 saturated heterocycles. The Morgan fingerprint density at radius 3 is 2.30 bits per heavy atom. The van der Waals surface area contributed by atoms with Crippen molar-refractivity contribution in [3.8, 4) is 12.1 Å². The number of amides is 1. The number of primary amides is 1. The van der Waals surface area contributed by atoms with Crippen LogP contribution in [0.1, 0.15) is 13.3 Å². The van der Waals surface area contributed by atoms with Crippen molar-refractivity contribution in [2.24, 2.45) is 11.1 Å². The quantitative estimate of drug-likeness (QED) is 0.576. The highest BCUT2D eigenvalue weighted by molar-refractivity contribution is 5.83. The van der Waals surface area contributed by atoms with Gasteiger partial charge in [-0.15, -0.1) is 0 Å². The van der Waals surface area contributed by atoms with Gasteiger partial charge in [0.25, 0.3) is 0 Å². The van der Waals surface area contributed by atoms with E-state index in [1.165, 1.54) is 6.92 Å². The molecule has 0 heterocycles. The predicted molar refractivity (Wildman–Crippen MR) is 33.1 cm³/mol. The SMILES string of the molecule is CC(C#N)(CC#N)C(N)=O. The smallest absolute Gasteiger partial charge is 0.238 e. The van der Waals surface area contributed by atoms with Gasteiger partial charge in [-0.1, -0.05) is 0 Å². The summed E-state index contributed by atoms with van der Waals surface area (Å²) in [5.74, 6) is -0.753. The van der Waals surface area contributed by atoms with E-state index in [-0.39, 0.29) is 6.42 Å². The monoisotopic (exact) mass is 137 g/mol. The second kappa shape index (κ2) is 2.84. The van der Waals surface area contributed by atoms with Crippen LogP contribution in [0.3, 0.4) is 0 Å². The van der Waals surface area contributed by atoms with Crippen LogP contribution in [0.5, 0.6) is 0 Å². The first kappa shape index (κ1) is 8.45. The van der Waals surface area contributed by atoms with Crippen molar-refractivity contribution in [2.45, 2.75) is 13.3 Å². The minimum Gasteiger partial charge on any atom is -0.368 e. The molecular formula is C6H7N3O. The highest BCUT2D eigenvalue weighted by Crippen LogP contribution is 2.17. The van der Waals surface area contributed by atoms with Gasteiger partial charge in [-0.25, -0.2) is 0 Å². The van der Waals surface area contributed by atoms with Gasteiger partial charge in [0.2, 0.25) is 5.91 Å². The lowest BCUT2D eigenvalue weighted by atomic mass is 9.89. The van der Waals surface area contributed by atoms with Crippen LogP contribution in [0.2, 0.25) is 0 Å². The minimum absolute atomic E-state index is 0.154. The van der Waals surface area contributed by atoms with E-state index in [9.17, 15) is 4.79 Å². The highest BCUT2D eigenvalue weighted by Gasteiger charge is 2.30. The van der Waals surface area contributed by atoms with Crippen LogP contribution in [0.4, 0.5) is 0 Å². The molecule has 0 fully saturated rings. The molecule has 0 radical (unpaired) electrons. The van der Waals surface area contributed by atoms with Crippen LogP contribution in [0.15, 0.2) is 0 Å². The van der Waals surface area contributed by atoms with Crippen LogP contribution < -0.4 is 5.73 Å². The van der Waals surface area contributed by atoms with Crippen molar-refractivity contribution >= 4 is 5.91 Å². The van der Waals surface area contributed by atoms with E-state index in [0.717, 1.165) is 0 Å². The van der Waals surface area contributed by atoms with E-state index in [4.69, 9.17) is 16.3 Å². The number of carbonyl (C=O) groups excluding carboxylic acids is 1. The largest absolute Gasteiger partial charge is 0.368 e. The molecule has 0 rings (SSSR count). The lowest BCUT2D eigenvalue weighted by molar-refractivity contribution is -0.124. The van der Waals surface area contributed by atoms with Crippen LogP contribution in [0, 0.1) is 28.1 Å². The summed E-state index contributed by atoms with van der Waals surface area (Å²) < 4.78 is 0. The minimum atomic E-state index is -1.32. The summed E-state index contributed by atoms with van der Waals surface area (Å²) in [5.41, 5.74) is 3.53. The molecule has 0 saturated carbocycles. The number of nitriles is 2. The molecule has 0 aliphatic carbocycles. The summed E-state index contributed by atoms with van der Waals surface area (Å²) in [5, 5.41) is 16.6. The first-order valence-electron chi connectivity index (χ1n) is 2.65. The normalized spacial score (nSPS) is 14.3. The molecule has 0 aromatic heterocycles. The molecule has 4 nitrogen and oxygen atoms in total. The van der Waals surface area contributed by atoms with Gasteiger partial charge in [0.05, 0.1) is 18.6 Å². The first-order valence-corrected chi connectivity index (χ1v) is 2.65. The van der Waals surface area contributed by atoms with Gasteiger partial charge >= 0.3 is 0 Å². The van der Waals surface area contributed by atoms with Crippen LogP contribution in [0.25, 0.3) is 0 Å². The summed E-state index contributed by atoms with van der Waals surface area (Å²) in [6.07, 6.45) is -0.154. The predicted octanol–water partition coefficient (Wildman–Crippen LogP) is -0.0847. The third-order valence-corrected chi connectivity index (χ3v) is 1.22. The molecule has 0 aliphatic heterocycles. The lowest BCUT2D eigenvalue weighted by Crippen LogP contribution is -2.32. The number of nitrogens with two attached hydrogens (primary N) is 1. The first-order chi connectivity index (χ1) is 4.56. The van der Waals surface area contributed by atoms with Gasteiger partial charge in [0.15, 0.2) is 0 Å². The van der Waals surface area contributed by atoms with Crippen molar-refractivity contribution in [3.63, 3.8) is 0 Å². The number of hydrogen-bond donors (Lipinski definition) is 1. The molecule has 0 bridgehead atoms. The van der Waals surface area contributed by atoms with Gasteiger partial charge in [-0.05, 0) is 6.92 Å². The molecule has 0 aromatic carbocycles. The van der Waals surface area contributed by atoms with Crippen molar-refractivity contribution in [1.82, 2.24) is 0 Å². The van der Waals surface area contributed by atoms with E-state index >= 15 is 0 Å². The molecule has 1 amide bonds. The molecule has 2 N–H and O–H groups in total. The summed E-state index contributed by atoms with van der Waals surface area (Å²) >= 11 is 0. The zero-order chi connectivity index (χ0) is 8.20. The van der Waals surface area contributed by atoms with Crippen LogP contribution >= 0.6 is 0 Å². The van der Waals surface area contributed by atoms with Gasteiger partial charge < -0.3 is 5.73 Å². The van der Waals surface area contributed by atoms with Crippen molar-refractivity contribution in [2.75, 3.05) is 0 Å². The third-order valence-electron chi connectivity index (χ3n) is 1.22. The fourth-order valence-corrected chi connectivity index (χ4v) is 0.340. The summed E-state index contributed by atoms with van der Waals surface area (Å²) in [6, 6.07) is 3.40. The molecule has 52 valence electrons. The summed E-state index contributed by atoms with van der Waals surface area (Å²) in [4.78, 5) is 10.5. The molecular weight excluding hydrogens is 130 g/mol. The van der Waals surface area contributed by atoms with Gasteiger partial charge in [0.1, 0.15) is 5.41 Å². The fourth-order valence-electron chi connectivity index (χ4n) is 0.340. The Morgan fingerprint density at radius 2 is 2.20 bits per heavy atom. The van der Waals surface area contributed by atoms with E-state index in [0.29, 0.717) is 0 Å². The maximum absolute atomic E-state index is 10.5. The standard InChI is InChI=1S/C6H7N3O/c1-6(4-8,2-3-7)5(9)10/h2H2,1H3,(H2,9,10). The third kappa shape index (κ3) is 1.46. The van der Waals surface area contributed by atoms with E-state index < -0.39 is 11.3 Å². The molecule has 0 aliphatic rings.